The van der Waals surface area contributed by atoms with Gasteiger partial charge in [-0.25, -0.2) is 17.9 Å². The standard InChI is InChI=1S/C14H21N3O3S.C2HF3O2/c1-21(18,19)16-12-10-17(9-11-5-2-3-7-15-11)13-6-4-8-20-14(12)13;3-2(4,5)1(6)7/h2-3,5,7,12-14,16H,4,6,8-10H2,1H3;(H,6,7)/t12-,13-,14-;/m1./s1. The van der Waals surface area contributed by atoms with Crippen LogP contribution in [0.1, 0.15) is 18.5 Å². The van der Waals surface area contributed by atoms with Crippen LogP contribution in [0.3, 0.4) is 0 Å². The Labute approximate surface area is 160 Å². The van der Waals surface area contributed by atoms with E-state index in [0.29, 0.717) is 13.2 Å². The molecule has 12 heteroatoms. The van der Waals surface area contributed by atoms with Crippen LogP contribution in [0.25, 0.3) is 0 Å². The molecule has 0 aromatic carbocycles. The van der Waals surface area contributed by atoms with Crippen molar-refractivity contribution in [3.8, 4) is 0 Å². The molecule has 1 aromatic heterocycles. The largest absolute Gasteiger partial charge is 0.490 e. The van der Waals surface area contributed by atoms with E-state index in [1.807, 2.05) is 18.2 Å². The number of alkyl halides is 3. The van der Waals surface area contributed by atoms with E-state index >= 15 is 0 Å². The van der Waals surface area contributed by atoms with Gasteiger partial charge in [-0.2, -0.15) is 13.2 Å². The summed E-state index contributed by atoms with van der Waals surface area (Å²) in [6.07, 6.45) is -0.0962. The molecule has 0 saturated carbocycles. The molecule has 2 aliphatic heterocycles. The summed E-state index contributed by atoms with van der Waals surface area (Å²) in [6, 6.07) is 5.96. The third-order valence-corrected chi connectivity index (χ3v) is 5.06. The molecule has 0 unspecified atom stereocenters. The van der Waals surface area contributed by atoms with Crippen molar-refractivity contribution in [3.05, 3.63) is 30.1 Å². The number of halogens is 3. The first-order chi connectivity index (χ1) is 13.0. The van der Waals surface area contributed by atoms with E-state index in [9.17, 15) is 21.6 Å². The highest BCUT2D eigenvalue weighted by Crippen LogP contribution is 2.30. The Morgan fingerprint density at radius 3 is 2.64 bits per heavy atom. The second-order valence-electron chi connectivity index (χ2n) is 6.59. The Balaban J connectivity index is 0.000000345. The van der Waals surface area contributed by atoms with Crippen LogP contribution in [0.5, 0.6) is 0 Å². The summed E-state index contributed by atoms with van der Waals surface area (Å²) in [5.74, 6) is -2.76. The number of rotatable bonds is 4. The van der Waals surface area contributed by atoms with Crippen molar-refractivity contribution in [2.24, 2.45) is 0 Å². The third kappa shape index (κ3) is 6.69. The maximum absolute atomic E-state index is 11.5. The zero-order valence-corrected chi connectivity index (χ0v) is 15.9. The van der Waals surface area contributed by atoms with E-state index in [0.717, 1.165) is 25.1 Å². The van der Waals surface area contributed by atoms with E-state index in [2.05, 4.69) is 14.6 Å². The summed E-state index contributed by atoms with van der Waals surface area (Å²) in [5, 5.41) is 7.12. The lowest BCUT2D eigenvalue weighted by atomic mass is 10.0. The summed E-state index contributed by atoms with van der Waals surface area (Å²) < 4.78 is 63.4. The Kier molecular flexibility index (Phi) is 7.37. The third-order valence-electron chi connectivity index (χ3n) is 4.33. The number of likely N-dealkylation sites (tertiary alicyclic amines) is 1. The lowest BCUT2D eigenvalue weighted by Gasteiger charge is -2.32. The molecular weight excluding hydrogens is 403 g/mol. The maximum Gasteiger partial charge on any atom is 0.490 e. The van der Waals surface area contributed by atoms with E-state index in [1.165, 1.54) is 6.26 Å². The smallest absolute Gasteiger partial charge is 0.475 e. The molecule has 0 radical (unpaired) electrons. The second-order valence-corrected chi connectivity index (χ2v) is 8.37. The van der Waals surface area contributed by atoms with Crippen LogP contribution in [0.15, 0.2) is 24.4 Å². The SMILES string of the molecule is CS(=O)(=O)N[C@@H]1CN(Cc2ccccn2)[C@@H]2CCCO[C@@H]21.O=C(O)C(F)(F)F. The fraction of sp³-hybridized carbons (Fsp3) is 0.625. The first-order valence-corrected chi connectivity index (χ1v) is 10.4. The highest BCUT2D eigenvalue weighted by Gasteiger charge is 2.44. The molecule has 2 N–H and O–H groups in total. The average Bonchev–Trinajstić information content (AvgIpc) is 2.92. The van der Waals surface area contributed by atoms with Gasteiger partial charge >= 0.3 is 12.1 Å². The first kappa shape index (κ1) is 22.5. The number of aromatic nitrogens is 1. The number of sulfonamides is 1. The summed E-state index contributed by atoms with van der Waals surface area (Å²) in [6.45, 7) is 2.10. The van der Waals surface area contributed by atoms with Gasteiger partial charge in [0.25, 0.3) is 0 Å². The van der Waals surface area contributed by atoms with Crippen molar-refractivity contribution in [3.63, 3.8) is 0 Å². The molecule has 1 aromatic rings. The van der Waals surface area contributed by atoms with Gasteiger partial charge in [-0.05, 0) is 25.0 Å². The number of ether oxygens (including phenoxy) is 1. The van der Waals surface area contributed by atoms with Gasteiger partial charge in [0.1, 0.15) is 0 Å². The Morgan fingerprint density at radius 2 is 2.11 bits per heavy atom. The average molecular weight is 425 g/mol. The quantitative estimate of drug-likeness (QED) is 0.741. The number of carboxylic acid groups (broad SMARTS) is 1. The van der Waals surface area contributed by atoms with Crippen molar-refractivity contribution < 1.29 is 36.2 Å². The summed E-state index contributed by atoms with van der Waals surface area (Å²) in [4.78, 5) is 15.5. The number of nitrogens with one attached hydrogen (secondary N) is 1. The molecule has 3 rings (SSSR count). The fourth-order valence-corrected chi connectivity index (χ4v) is 4.07. The lowest BCUT2D eigenvalue weighted by molar-refractivity contribution is -0.192. The van der Waals surface area contributed by atoms with Gasteiger partial charge in [-0.1, -0.05) is 6.07 Å². The summed E-state index contributed by atoms with van der Waals surface area (Å²) in [7, 11) is -3.23. The van der Waals surface area contributed by atoms with Crippen molar-refractivity contribution in [1.29, 1.82) is 0 Å². The number of aliphatic carboxylic acids is 1. The van der Waals surface area contributed by atoms with Crippen LogP contribution >= 0.6 is 0 Å². The Morgan fingerprint density at radius 1 is 1.43 bits per heavy atom. The van der Waals surface area contributed by atoms with Gasteiger partial charge in [0.15, 0.2) is 0 Å². The number of pyridine rings is 1. The maximum atomic E-state index is 11.5. The fourth-order valence-electron chi connectivity index (χ4n) is 3.31. The molecule has 2 aliphatic rings. The van der Waals surface area contributed by atoms with Crippen LogP contribution in [0.4, 0.5) is 13.2 Å². The van der Waals surface area contributed by atoms with E-state index < -0.39 is 22.2 Å². The van der Waals surface area contributed by atoms with Crippen LogP contribution in [0.2, 0.25) is 0 Å². The number of carboxylic acids is 1. The van der Waals surface area contributed by atoms with E-state index in [4.69, 9.17) is 14.6 Å². The molecule has 2 saturated heterocycles. The molecule has 3 atom stereocenters. The van der Waals surface area contributed by atoms with Crippen LogP contribution in [-0.2, 0) is 26.1 Å². The zero-order chi connectivity index (χ0) is 20.9. The highest BCUT2D eigenvalue weighted by molar-refractivity contribution is 7.88. The molecule has 158 valence electrons. The van der Waals surface area contributed by atoms with Gasteiger partial charge < -0.3 is 9.84 Å². The predicted molar refractivity (Wildman–Crippen MR) is 92.9 cm³/mol. The zero-order valence-electron chi connectivity index (χ0n) is 15.1. The van der Waals surface area contributed by atoms with Gasteiger partial charge in [0, 0.05) is 31.9 Å². The topological polar surface area (TPSA) is 109 Å². The molecule has 2 fully saturated rings. The van der Waals surface area contributed by atoms with E-state index in [1.54, 1.807) is 6.20 Å². The molecule has 0 aliphatic carbocycles. The molecule has 3 heterocycles. The predicted octanol–water partition coefficient (Wildman–Crippen LogP) is 0.996. The number of hydrogen-bond acceptors (Lipinski definition) is 6. The molecule has 8 nitrogen and oxygen atoms in total. The van der Waals surface area contributed by atoms with Gasteiger partial charge in [0.2, 0.25) is 10.0 Å². The number of carbonyl (C=O) groups is 1. The molecule has 28 heavy (non-hydrogen) atoms. The molecule has 0 bridgehead atoms. The number of nitrogens with zero attached hydrogens (tertiary/aromatic N) is 2. The number of hydrogen-bond donors (Lipinski definition) is 2. The van der Waals surface area contributed by atoms with Crippen molar-refractivity contribution in [2.45, 2.75) is 43.8 Å². The highest BCUT2D eigenvalue weighted by atomic mass is 32.2. The minimum absolute atomic E-state index is 0.0582. The summed E-state index contributed by atoms with van der Waals surface area (Å²) >= 11 is 0. The summed E-state index contributed by atoms with van der Waals surface area (Å²) in [5.41, 5.74) is 1.00. The van der Waals surface area contributed by atoms with Crippen molar-refractivity contribution >= 4 is 16.0 Å². The van der Waals surface area contributed by atoms with Crippen molar-refractivity contribution in [2.75, 3.05) is 19.4 Å². The minimum Gasteiger partial charge on any atom is -0.475 e. The monoisotopic (exact) mass is 425 g/mol. The number of fused-ring (bicyclic) bond motifs is 1. The molecular formula is C16H22F3N3O5S. The minimum atomic E-state index is -5.08. The van der Waals surface area contributed by atoms with Crippen LogP contribution in [0, 0.1) is 0 Å². The van der Waals surface area contributed by atoms with Crippen LogP contribution < -0.4 is 4.72 Å². The van der Waals surface area contributed by atoms with Crippen molar-refractivity contribution in [1.82, 2.24) is 14.6 Å². The molecule has 0 amide bonds. The Hall–Kier alpha value is -1.76. The second kappa shape index (κ2) is 9.16. The van der Waals surface area contributed by atoms with Gasteiger partial charge in [-0.3, -0.25) is 9.88 Å². The molecule has 0 spiro atoms. The van der Waals surface area contributed by atoms with Crippen LogP contribution in [-0.4, -0.2) is 73.1 Å². The first-order valence-electron chi connectivity index (χ1n) is 8.50. The van der Waals surface area contributed by atoms with Gasteiger partial charge in [-0.15, -0.1) is 0 Å². The van der Waals surface area contributed by atoms with E-state index in [-0.39, 0.29) is 18.2 Å². The normalized spacial score (nSPS) is 25.5. The van der Waals surface area contributed by atoms with Gasteiger partial charge in [0.05, 0.1) is 24.1 Å². The lowest BCUT2D eigenvalue weighted by Crippen LogP contribution is -2.47. The Bertz CT molecular complexity index is 761.